The highest BCUT2D eigenvalue weighted by molar-refractivity contribution is 6.62. The molecule has 2 N–H and O–H groups in total. The van der Waals surface area contributed by atoms with E-state index in [4.69, 9.17) is 19.2 Å². The van der Waals surface area contributed by atoms with Crippen LogP contribution in [0.25, 0.3) is 0 Å². The van der Waals surface area contributed by atoms with Crippen LogP contribution >= 0.6 is 0 Å². The highest BCUT2D eigenvalue weighted by atomic mass is 16.7. The Morgan fingerprint density at radius 1 is 1.21 bits per heavy atom. The molecule has 1 amide bonds. The Labute approximate surface area is 143 Å². The van der Waals surface area contributed by atoms with E-state index in [1.54, 1.807) is 0 Å². The second-order valence-corrected chi connectivity index (χ2v) is 7.02. The molecule has 0 aliphatic carbocycles. The van der Waals surface area contributed by atoms with Crippen LogP contribution in [0.3, 0.4) is 0 Å². The molecule has 1 aromatic rings. The Morgan fingerprint density at radius 3 is 2.21 bits per heavy atom. The van der Waals surface area contributed by atoms with Crippen molar-refractivity contribution in [1.82, 2.24) is 5.32 Å². The lowest BCUT2D eigenvalue weighted by molar-refractivity contribution is 0.00578. The summed E-state index contributed by atoms with van der Waals surface area (Å²) < 4.78 is 17.7. The predicted octanol–water partition coefficient (Wildman–Crippen LogP) is 2.41. The summed E-state index contributed by atoms with van der Waals surface area (Å²) in [5, 5.41) is 11.2. The van der Waals surface area contributed by atoms with E-state index in [0.717, 1.165) is 5.46 Å². The van der Waals surface area contributed by atoms with E-state index in [0.29, 0.717) is 18.8 Å². The fourth-order valence-electron chi connectivity index (χ4n) is 2.33. The molecule has 0 spiro atoms. The molecule has 1 aliphatic rings. The van der Waals surface area contributed by atoms with Gasteiger partial charge in [-0.25, -0.2) is 4.79 Å². The first-order valence-electron chi connectivity index (χ1n) is 8.22. The van der Waals surface area contributed by atoms with Gasteiger partial charge >= 0.3 is 13.2 Å². The van der Waals surface area contributed by atoms with E-state index in [1.807, 2.05) is 58.9 Å². The fraction of sp³-hybridized carbons (Fsp3) is 0.588. The zero-order chi connectivity index (χ0) is 18.0. The van der Waals surface area contributed by atoms with Crippen molar-refractivity contribution >= 4 is 18.7 Å². The van der Waals surface area contributed by atoms with E-state index in [2.05, 4.69) is 5.32 Å². The van der Waals surface area contributed by atoms with Gasteiger partial charge in [-0.2, -0.15) is 0 Å². The lowest BCUT2D eigenvalue weighted by atomic mass is 9.79. The molecular formula is C17H26BNO5. The van der Waals surface area contributed by atoms with Gasteiger partial charge in [-0.1, -0.05) is 19.1 Å². The SMILES string of the molecule is CC[C@@H](COc1ccc(B2OC(C)(C)C(C)(C)O2)cc1)NC(=O)O. The third-order valence-corrected chi connectivity index (χ3v) is 4.68. The summed E-state index contributed by atoms with van der Waals surface area (Å²) >= 11 is 0. The number of hydrogen-bond acceptors (Lipinski definition) is 4. The summed E-state index contributed by atoms with van der Waals surface area (Å²) in [6.45, 7) is 10.3. The van der Waals surface area contributed by atoms with Crippen LogP contribution in [0.2, 0.25) is 0 Å². The monoisotopic (exact) mass is 335 g/mol. The summed E-state index contributed by atoms with van der Waals surface area (Å²) in [4.78, 5) is 10.7. The maximum atomic E-state index is 10.7. The minimum absolute atomic E-state index is 0.231. The molecule has 6 nitrogen and oxygen atoms in total. The van der Waals surface area contributed by atoms with Crippen molar-refractivity contribution in [2.75, 3.05) is 6.61 Å². The third-order valence-electron chi connectivity index (χ3n) is 4.68. The number of ether oxygens (including phenoxy) is 1. The highest BCUT2D eigenvalue weighted by Crippen LogP contribution is 2.36. The quantitative estimate of drug-likeness (QED) is 0.781. The molecule has 0 bridgehead atoms. The lowest BCUT2D eigenvalue weighted by Gasteiger charge is -2.32. The van der Waals surface area contributed by atoms with E-state index in [-0.39, 0.29) is 17.2 Å². The van der Waals surface area contributed by atoms with Crippen molar-refractivity contribution in [3.63, 3.8) is 0 Å². The van der Waals surface area contributed by atoms with Crippen LogP contribution in [0.1, 0.15) is 41.0 Å². The van der Waals surface area contributed by atoms with Crippen molar-refractivity contribution in [2.24, 2.45) is 0 Å². The maximum Gasteiger partial charge on any atom is 0.494 e. The topological polar surface area (TPSA) is 77.0 Å². The Bertz CT molecular complexity index is 557. The first-order chi connectivity index (χ1) is 11.1. The number of hydrogen-bond donors (Lipinski definition) is 2. The molecule has 0 aromatic heterocycles. The van der Waals surface area contributed by atoms with E-state index >= 15 is 0 Å². The van der Waals surface area contributed by atoms with Crippen molar-refractivity contribution < 1.29 is 23.9 Å². The van der Waals surface area contributed by atoms with Crippen LogP contribution in [0.15, 0.2) is 24.3 Å². The van der Waals surface area contributed by atoms with Crippen LogP contribution in [-0.4, -0.2) is 42.2 Å². The van der Waals surface area contributed by atoms with Gasteiger partial charge < -0.3 is 24.5 Å². The van der Waals surface area contributed by atoms with Gasteiger partial charge in [0.2, 0.25) is 0 Å². The average Bonchev–Trinajstić information content (AvgIpc) is 2.72. The molecule has 1 fully saturated rings. The Hall–Kier alpha value is -1.73. The molecule has 0 saturated carbocycles. The summed E-state index contributed by atoms with van der Waals surface area (Å²) in [6, 6.07) is 7.26. The van der Waals surface area contributed by atoms with Crippen LogP contribution in [0.4, 0.5) is 4.79 Å². The predicted molar refractivity (Wildman–Crippen MR) is 92.9 cm³/mol. The maximum absolute atomic E-state index is 10.7. The number of amides is 1. The zero-order valence-electron chi connectivity index (χ0n) is 15.0. The van der Waals surface area contributed by atoms with Crippen molar-refractivity contribution in [1.29, 1.82) is 0 Å². The van der Waals surface area contributed by atoms with Crippen LogP contribution in [0.5, 0.6) is 5.75 Å². The fourth-order valence-corrected chi connectivity index (χ4v) is 2.33. The first kappa shape index (κ1) is 18.6. The van der Waals surface area contributed by atoms with Gasteiger partial charge in [0.05, 0.1) is 17.2 Å². The van der Waals surface area contributed by atoms with Gasteiger partial charge in [0, 0.05) is 0 Å². The van der Waals surface area contributed by atoms with Crippen LogP contribution in [0, 0.1) is 0 Å². The molecular weight excluding hydrogens is 309 g/mol. The molecule has 2 rings (SSSR count). The van der Waals surface area contributed by atoms with E-state index < -0.39 is 13.2 Å². The zero-order valence-corrected chi connectivity index (χ0v) is 15.0. The number of carbonyl (C=O) groups is 1. The van der Waals surface area contributed by atoms with Crippen LogP contribution < -0.4 is 15.5 Å². The summed E-state index contributed by atoms with van der Waals surface area (Å²) in [5.74, 6) is 0.681. The van der Waals surface area contributed by atoms with E-state index in [1.165, 1.54) is 0 Å². The second kappa shape index (κ2) is 7.03. The molecule has 1 atom stereocenters. The van der Waals surface area contributed by atoms with E-state index in [9.17, 15) is 4.79 Å². The van der Waals surface area contributed by atoms with Gasteiger partial charge in [-0.05, 0) is 51.7 Å². The van der Waals surface area contributed by atoms with Gasteiger partial charge in [-0.15, -0.1) is 0 Å². The first-order valence-corrected chi connectivity index (χ1v) is 8.22. The number of benzene rings is 1. The Kier molecular flexibility index (Phi) is 5.45. The molecule has 0 radical (unpaired) electrons. The minimum atomic E-state index is -1.04. The molecule has 1 heterocycles. The van der Waals surface area contributed by atoms with Gasteiger partial charge in [-0.3, -0.25) is 0 Å². The summed E-state index contributed by atoms with van der Waals surface area (Å²) in [5.41, 5.74) is 0.185. The molecule has 0 unspecified atom stereocenters. The number of carboxylic acid groups (broad SMARTS) is 1. The second-order valence-electron chi connectivity index (χ2n) is 7.02. The molecule has 24 heavy (non-hydrogen) atoms. The molecule has 7 heteroatoms. The molecule has 1 saturated heterocycles. The van der Waals surface area contributed by atoms with Crippen molar-refractivity contribution in [3.8, 4) is 5.75 Å². The number of rotatable bonds is 6. The third kappa shape index (κ3) is 4.21. The minimum Gasteiger partial charge on any atom is -0.491 e. The normalized spacial score (nSPS) is 19.8. The summed E-state index contributed by atoms with van der Waals surface area (Å²) in [7, 11) is -0.402. The Balaban J connectivity index is 1.95. The largest absolute Gasteiger partial charge is 0.494 e. The van der Waals surface area contributed by atoms with Gasteiger partial charge in [0.25, 0.3) is 0 Å². The molecule has 1 aromatic carbocycles. The van der Waals surface area contributed by atoms with Crippen molar-refractivity contribution in [2.45, 2.75) is 58.3 Å². The number of nitrogens with one attached hydrogen (secondary N) is 1. The van der Waals surface area contributed by atoms with Gasteiger partial charge in [0.1, 0.15) is 12.4 Å². The van der Waals surface area contributed by atoms with Gasteiger partial charge in [0.15, 0.2) is 0 Å². The van der Waals surface area contributed by atoms with Crippen LogP contribution in [-0.2, 0) is 9.31 Å². The average molecular weight is 335 g/mol. The highest BCUT2D eigenvalue weighted by Gasteiger charge is 2.51. The standard InChI is InChI=1S/C17H26BNO5/c1-6-13(19-15(20)21)11-22-14-9-7-12(8-10-14)18-23-16(2,3)17(4,5)24-18/h7-10,13,19H,6,11H2,1-5H3,(H,20,21)/t13-/m0/s1. The van der Waals surface area contributed by atoms with Crippen molar-refractivity contribution in [3.05, 3.63) is 24.3 Å². The molecule has 1 aliphatic heterocycles. The summed E-state index contributed by atoms with van der Waals surface area (Å²) in [6.07, 6.45) is -0.375. The Morgan fingerprint density at radius 2 is 1.75 bits per heavy atom. The lowest BCUT2D eigenvalue weighted by Crippen LogP contribution is -2.41. The smallest absolute Gasteiger partial charge is 0.491 e. The molecule has 132 valence electrons.